The fourth-order valence-electron chi connectivity index (χ4n) is 2.21. The second-order valence-corrected chi connectivity index (χ2v) is 4.99. The predicted octanol–water partition coefficient (Wildman–Crippen LogP) is 0.897. The first-order valence-electron chi connectivity index (χ1n) is 6.98. The molecule has 0 aliphatic carbocycles. The minimum Gasteiger partial charge on any atom is -0.501 e. The summed E-state index contributed by atoms with van der Waals surface area (Å²) in [7, 11) is 0. The number of fused-ring (bicyclic) bond motifs is 1. The van der Waals surface area contributed by atoms with Crippen LogP contribution in [0.4, 0.5) is 0 Å². The van der Waals surface area contributed by atoms with Gasteiger partial charge >= 0.3 is 0 Å². The van der Waals surface area contributed by atoms with Crippen molar-refractivity contribution in [3.8, 4) is 23.1 Å². The topological polar surface area (TPSA) is 114 Å². The molecular weight excluding hydrogens is 302 g/mol. The number of aromatic nitrogens is 2. The highest BCUT2D eigenvalue weighted by Crippen LogP contribution is 2.32. The molecule has 2 aromatic rings. The van der Waals surface area contributed by atoms with Crippen LogP contribution in [0.15, 0.2) is 18.2 Å². The number of aryl methyl sites for hydroxylation is 1. The summed E-state index contributed by atoms with van der Waals surface area (Å²) >= 11 is 0. The lowest BCUT2D eigenvalue weighted by Gasteiger charge is -2.08. The van der Waals surface area contributed by atoms with Gasteiger partial charge in [-0.05, 0) is 31.0 Å². The van der Waals surface area contributed by atoms with Gasteiger partial charge in [-0.2, -0.15) is 4.98 Å². The normalized spacial score (nSPS) is 12.2. The molecule has 0 fully saturated rings. The van der Waals surface area contributed by atoms with Crippen molar-refractivity contribution < 1.29 is 24.5 Å². The second-order valence-electron chi connectivity index (χ2n) is 4.99. The number of amides is 1. The molecule has 8 nitrogen and oxygen atoms in total. The van der Waals surface area contributed by atoms with Gasteiger partial charge in [0, 0.05) is 6.54 Å². The lowest BCUT2D eigenvalue weighted by Crippen LogP contribution is -2.27. The van der Waals surface area contributed by atoms with Crippen molar-refractivity contribution >= 4 is 5.91 Å². The third kappa shape index (κ3) is 3.10. The highest BCUT2D eigenvalue weighted by Gasteiger charge is 2.18. The van der Waals surface area contributed by atoms with Gasteiger partial charge in [0.2, 0.25) is 12.5 Å². The number of hydrogen-bond acceptors (Lipinski definition) is 7. The van der Waals surface area contributed by atoms with Crippen molar-refractivity contribution in [1.29, 1.82) is 0 Å². The summed E-state index contributed by atoms with van der Waals surface area (Å²) in [6, 6.07) is 5.56. The lowest BCUT2D eigenvalue weighted by molar-refractivity contribution is 0.0944. The predicted molar refractivity (Wildman–Crippen MR) is 78.7 cm³/mol. The summed E-state index contributed by atoms with van der Waals surface area (Å²) in [4.78, 5) is 19.4. The molecule has 3 rings (SSSR count). The Morgan fingerprint density at radius 2 is 2.04 bits per heavy atom. The minimum atomic E-state index is -0.629. The molecule has 0 unspecified atom stereocenters. The number of hydrogen-bond donors (Lipinski definition) is 3. The fraction of sp³-hybridized carbons (Fsp3) is 0.267. The fourth-order valence-corrected chi connectivity index (χ4v) is 2.21. The van der Waals surface area contributed by atoms with E-state index in [9.17, 15) is 15.0 Å². The zero-order valence-electron chi connectivity index (χ0n) is 12.4. The standard InChI is InChI=1S/C15H15N3O5/c1-8-17-12(13(19)15(21)18-8)14(20)16-5-4-9-2-3-10-11(6-9)23-7-22-10/h2-3,6,19H,4-5,7H2,1H3,(H,16,20)(H,17,18,21). The smallest absolute Gasteiger partial charge is 0.274 e. The van der Waals surface area contributed by atoms with Gasteiger partial charge in [0.05, 0.1) is 0 Å². The van der Waals surface area contributed by atoms with Crippen LogP contribution < -0.4 is 14.8 Å². The molecule has 0 radical (unpaired) electrons. The van der Waals surface area contributed by atoms with Crippen LogP contribution in [0.3, 0.4) is 0 Å². The van der Waals surface area contributed by atoms with Gasteiger partial charge in [-0.25, -0.2) is 4.98 Å². The van der Waals surface area contributed by atoms with E-state index in [0.717, 1.165) is 5.56 Å². The Morgan fingerprint density at radius 1 is 1.26 bits per heavy atom. The highest BCUT2D eigenvalue weighted by molar-refractivity contribution is 5.95. The molecule has 1 aliphatic rings. The molecule has 120 valence electrons. The van der Waals surface area contributed by atoms with Gasteiger partial charge in [-0.3, -0.25) is 4.79 Å². The number of benzene rings is 1. The molecule has 1 aliphatic heterocycles. The van der Waals surface area contributed by atoms with E-state index < -0.39 is 17.5 Å². The number of nitrogens with one attached hydrogen (secondary N) is 1. The van der Waals surface area contributed by atoms with E-state index in [1.54, 1.807) is 0 Å². The summed E-state index contributed by atoms with van der Waals surface area (Å²) < 4.78 is 10.5. The van der Waals surface area contributed by atoms with E-state index >= 15 is 0 Å². The molecule has 8 heteroatoms. The minimum absolute atomic E-state index is 0.196. The van der Waals surface area contributed by atoms with Crippen molar-refractivity contribution in [2.45, 2.75) is 13.3 Å². The monoisotopic (exact) mass is 317 g/mol. The van der Waals surface area contributed by atoms with Crippen LogP contribution in [0.2, 0.25) is 0 Å². The van der Waals surface area contributed by atoms with Crippen molar-refractivity contribution in [2.24, 2.45) is 0 Å². The van der Waals surface area contributed by atoms with Crippen LogP contribution in [0.25, 0.3) is 0 Å². The first-order valence-corrected chi connectivity index (χ1v) is 6.98. The maximum atomic E-state index is 12.0. The molecule has 0 atom stereocenters. The molecule has 2 heterocycles. The van der Waals surface area contributed by atoms with Gasteiger partial charge < -0.3 is 25.0 Å². The lowest BCUT2D eigenvalue weighted by atomic mass is 10.1. The zero-order chi connectivity index (χ0) is 16.4. The zero-order valence-corrected chi connectivity index (χ0v) is 12.4. The average Bonchev–Trinajstić information content (AvgIpc) is 2.98. The third-order valence-electron chi connectivity index (χ3n) is 3.33. The van der Waals surface area contributed by atoms with E-state index in [1.807, 2.05) is 18.2 Å². The van der Waals surface area contributed by atoms with Gasteiger partial charge in [0.25, 0.3) is 11.8 Å². The SMILES string of the molecule is Cc1nc(O)c(O)c(C(=O)NCCc2ccc3c(c2)OCO3)n1. The molecule has 0 spiro atoms. The van der Waals surface area contributed by atoms with Crippen LogP contribution in [0, 0.1) is 6.92 Å². The largest absolute Gasteiger partial charge is 0.501 e. The molecule has 0 saturated heterocycles. The maximum absolute atomic E-state index is 12.0. The molecular formula is C15H15N3O5. The first-order chi connectivity index (χ1) is 11.0. The molecule has 1 aromatic heterocycles. The second kappa shape index (κ2) is 5.99. The number of aromatic hydroxyl groups is 2. The summed E-state index contributed by atoms with van der Waals surface area (Å²) in [6.45, 7) is 2.07. The summed E-state index contributed by atoms with van der Waals surface area (Å²) in [6.07, 6.45) is 0.569. The third-order valence-corrected chi connectivity index (χ3v) is 3.33. The Labute approximate surface area is 131 Å². The Balaban J connectivity index is 1.61. The maximum Gasteiger partial charge on any atom is 0.274 e. The van der Waals surface area contributed by atoms with Crippen LogP contribution in [0.5, 0.6) is 23.1 Å². The van der Waals surface area contributed by atoms with E-state index in [0.29, 0.717) is 24.5 Å². The number of nitrogens with zero attached hydrogens (tertiary/aromatic N) is 2. The van der Waals surface area contributed by atoms with E-state index in [1.165, 1.54) is 6.92 Å². The number of carbonyl (C=O) groups excluding carboxylic acids is 1. The summed E-state index contributed by atoms with van der Waals surface area (Å²) in [5.74, 6) is -0.239. The summed E-state index contributed by atoms with van der Waals surface area (Å²) in [5.41, 5.74) is 0.723. The van der Waals surface area contributed by atoms with Crippen molar-refractivity contribution in [1.82, 2.24) is 15.3 Å². The van der Waals surface area contributed by atoms with Crippen LogP contribution in [-0.2, 0) is 6.42 Å². The Bertz CT molecular complexity index is 763. The molecule has 3 N–H and O–H groups in total. The highest BCUT2D eigenvalue weighted by atomic mass is 16.7. The number of rotatable bonds is 4. The van der Waals surface area contributed by atoms with Crippen LogP contribution in [-0.4, -0.2) is 39.4 Å². The van der Waals surface area contributed by atoms with E-state index in [2.05, 4.69) is 15.3 Å². The average molecular weight is 317 g/mol. The molecule has 1 amide bonds. The van der Waals surface area contributed by atoms with Crippen molar-refractivity contribution in [3.63, 3.8) is 0 Å². The number of carbonyl (C=O) groups is 1. The van der Waals surface area contributed by atoms with E-state index in [4.69, 9.17) is 9.47 Å². The molecule has 0 saturated carbocycles. The van der Waals surface area contributed by atoms with Crippen molar-refractivity contribution in [3.05, 3.63) is 35.3 Å². The first kappa shape index (κ1) is 14.9. The molecule has 1 aromatic carbocycles. The Morgan fingerprint density at radius 3 is 2.87 bits per heavy atom. The summed E-state index contributed by atoms with van der Waals surface area (Å²) in [5, 5.41) is 21.7. The van der Waals surface area contributed by atoms with Crippen LogP contribution in [0.1, 0.15) is 21.9 Å². The van der Waals surface area contributed by atoms with Gasteiger partial charge in [0.1, 0.15) is 5.82 Å². The Kier molecular flexibility index (Phi) is 3.88. The molecule has 0 bridgehead atoms. The van der Waals surface area contributed by atoms with Crippen LogP contribution >= 0.6 is 0 Å². The Hall–Kier alpha value is -3.03. The molecule has 23 heavy (non-hydrogen) atoms. The van der Waals surface area contributed by atoms with Gasteiger partial charge in [0.15, 0.2) is 17.2 Å². The van der Waals surface area contributed by atoms with E-state index in [-0.39, 0.29) is 18.3 Å². The van der Waals surface area contributed by atoms with Crippen molar-refractivity contribution in [2.75, 3.05) is 13.3 Å². The number of ether oxygens (including phenoxy) is 2. The van der Waals surface area contributed by atoms with Gasteiger partial charge in [-0.1, -0.05) is 6.07 Å². The van der Waals surface area contributed by atoms with Gasteiger partial charge in [-0.15, -0.1) is 0 Å². The quantitative estimate of drug-likeness (QED) is 0.767.